The predicted octanol–water partition coefficient (Wildman–Crippen LogP) is 2.33. The molecule has 4 nitrogen and oxygen atoms in total. The van der Waals surface area contributed by atoms with Crippen molar-refractivity contribution in [2.45, 2.75) is 18.9 Å². The number of hydrogen-bond donors (Lipinski definition) is 1. The van der Waals surface area contributed by atoms with Crippen LogP contribution in [-0.2, 0) is 4.74 Å². The number of aromatic nitrogens is 1. The van der Waals surface area contributed by atoms with Gasteiger partial charge in [0, 0.05) is 25.8 Å². The largest absolute Gasteiger partial charge is 0.377 e. The molecule has 1 saturated heterocycles. The monoisotopic (exact) mass is 289 g/mol. The van der Waals surface area contributed by atoms with Gasteiger partial charge in [-0.1, -0.05) is 23.2 Å². The van der Waals surface area contributed by atoms with Crippen LogP contribution in [0.15, 0.2) is 12.3 Å². The average Bonchev–Trinajstić information content (AvgIpc) is 2.37. The van der Waals surface area contributed by atoms with E-state index in [-0.39, 0.29) is 0 Å². The Morgan fingerprint density at radius 3 is 2.72 bits per heavy atom. The second kappa shape index (κ2) is 6.57. The number of anilines is 1. The van der Waals surface area contributed by atoms with E-state index in [2.05, 4.69) is 9.88 Å². The van der Waals surface area contributed by atoms with Crippen molar-refractivity contribution in [3.63, 3.8) is 0 Å². The number of nitrogens with two attached hydrogens (primary N) is 1. The van der Waals surface area contributed by atoms with Crippen LogP contribution in [0.3, 0.4) is 0 Å². The van der Waals surface area contributed by atoms with E-state index in [0.717, 1.165) is 31.7 Å². The molecule has 1 aliphatic rings. The van der Waals surface area contributed by atoms with Crippen molar-refractivity contribution in [1.82, 2.24) is 4.98 Å². The highest BCUT2D eigenvalue weighted by Crippen LogP contribution is 2.28. The number of pyridine rings is 1. The molecular formula is C12H17Cl2N3O. The van der Waals surface area contributed by atoms with Crippen LogP contribution in [0.2, 0.25) is 10.0 Å². The van der Waals surface area contributed by atoms with Crippen molar-refractivity contribution in [1.29, 1.82) is 0 Å². The molecule has 100 valence electrons. The zero-order valence-electron chi connectivity index (χ0n) is 10.1. The van der Waals surface area contributed by atoms with Crippen molar-refractivity contribution in [3.8, 4) is 0 Å². The van der Waals surface area contributed by atoms with Gasteiger partial charge in [-0.15, -0.1) is 0 Å². The maximum atomic E-state index is 6.15. The van der Waals surface area contributed by atoms with Crippen LogP contribution in [0.5, 0.6) is 0 Å². The Morgan fingerprint density at radius 1 is 1.39 bits per heavy atom. The molecule has 0 saturated carbocycles. The predicted molar refractivity (Wildman–Crippen MR) is 74.5 cm³/mol. The third kappa shape index (κ3) is 3.48. The van der Waals surface area contributed by atoms with Gasteiger partial charge in [0.25, 0.3) is 0 Å². The molecule has 6 heteroatoms. The molecule has 2 heterocycles. The minimum atomic E-state index is 0.302. The van der Waals surface area contributed by atoms with Crippen LogP contribution in [0.1, 0.15) is 12.8 Å². The molecule has 0 radical (unpaired) electrons. The van der Waals surface area contributed by atoms with Crippen molar-refractivity contribution in [2.24, 2.45) is 5.73 Å². The summed E-state index contributed by atoms with van der Waals surface area (Å²) < 4.78 is 5.64. The first kappa shape index (κ1) is 13.9. The Balaban J connectivity index is 1.93. The number of piperidine rings is 1. The van der Waals surface area contributed by atoms with Crippen LogP contribution in [0.4, 0.5) is 5.82 Å². The third-order valence-electron chi connectivity index (χ3n) is 3.00. The fraction of sp³-hybridized carbons (Fsp3) is 0.583. The smallest absolute Gasteiger partial charge is 0.147 e. The normalized spacial score (nSPS) is 17.2. The lowest BCUT2D eigenvalue weighted by Crippen LogP contribution is -2.38. The fourth-order valence-corrected chi connectivity index (χ4v) is 2.61. The van der Waals surface area contributed by atoms with E-state index in [1.165, 1.54) is 0 Å². The highest BCUT2D eigenvalue weighted by Gasteiger charge is 2.21. The maximum absolute atomic E-state index is 6.15. The zero-order valence-corrected chi connectivity index (χ0v) is 11.6. The van der Waals surface area contributed by atoms with E-state index in [9.17, 15) is 0 Å². The van der Waals surface area contributed by atoms with E-state index >= 15 is 0 Å². The highest BCUT2D eigenvalue weighted by molar-refractivity contribution is 6.36. The summed E-state index contributed by atoms with van der Waals surface area (Å²) in [6.07, 6.45) is 3.87. The van der Waals surface area contributed by atoms with Gasteiger partial charge in [0.1, 0.15) is 5.82 Å². The highest BCUT2D eigenvalue weighted by atomic mass is 35.5. The zero-order chi connectivity index (χ0) is 13.0. The molecular weight excluding hydrogens is 273 g/mol. The number of rotatable bonds is 4. The Hall–Kier alpha value is -0.550. The van der Waals surface area contributed by atoms with E-state index in [0.29, 0.717) is 29.3 Å². The molecule has 1 aliphatic heterocycles. The van der Waals surface area contributed by atoms with Crippen LogP contribution >= 0.6 is 23.2 Å². The quantitative estimate of drug-likeness (QED) is 0.924. The van der Waals surface area contributed by atoms with Crippen LogP contribution in [0.25, 0.3) is 0 Å². The second-order valence-electron chi connectivity index (χ2n) is 4.30. The Kier molecular flexibility index (Phi) is 5.06. The van der Waals surface area contributed by atoms with Gasteiger partial charge in [0.15, 0.2) is 0 Å². The first-order valence-corrected chi connectivity index (χ1v) is 6.84. The molecule has 1 aromatic rings. The summed E-state index contributed by atoms with van der Waals surface area (Å²) in [6, 6.07) is 1.72. The summed E-state index contributed by atoms with van der Waals surface area (Å²) in [6.45, 7) is 2.99. The maximum Gasteiger partial charge on any atom is 0.147 e. The molecule has 0 unspecified atom stereocenters. The average molecular weight is 290 g/mol. The number of nitrogens with zero attached hydrogens (tertiary/aromatic N) is 2. The standard InChI is InChI=1S/C12H17Cl2N3O/c13-9-7-11(14)12(16-8-9)17-4-1-10(2-5-17)18-6-3-15/h7-8,10H,1-6,15H2. The topological polar surface area (TPSA) is 51.4 Å². The van der Waals surface area contributed by atoms with Crippen molar-refractivity contribution < 1.29 is 4.74 Å². The van der Waals surface area contributed by atoms with Gasteiger partial charge >= 0.3 is 0 Å². The third-order valence-corrected chi connectivity index (χ3v) is 3.49. The fourth-order valence-electron chi connectivity index (χ4n) is 2.11. The molecule has 0 atom stereocenters. The second-order valence-corrected chi connectivity index (χ2v) is 5.15. The molecule has 0 aliphatic carbocycles. The Morgan fingerprint density at radius 2 is 2.11 bits per heavy atom. The van der Waals surface area contributed by atoms with Gasteiger partial charge < -0.3 is 15.4 Å². The SMILES string of the molecule is NCCOC1CCN(c2ncc(Cl)cc2Cl)CC1. The summed E-state index contributed by atoms with van der Waals surface area (Å²) in [5.41, 5.74) is 5.42. The van der Waals surface area contributed by atoms with Gasteiger partial charge in [-0.05, 0) is 18.9 Å². The minimum Gasteiger partial charge on any atom is -0.377 e. The van der Waals surface area contributed by atoms with Crippen molar-refractivity contribution >= 4 is 29.0 Å². The summed E-state index contributed by atoms with van der Waals surface area (Å²) in [5.74, 6) is 0.804. The lowest BCUT2D eigenvalue weighted by Gasteiger charge is -2.33. The number of ether oxygens (including phenoxy) is 1. The number of hydrogen-bond acceptors (Lipinski definition) is 4. The molecule has 2 N–H and O–H groups in total. The molecule has 2 rings (SSSR count). The summed E-state index contributed by atoms with van der Waals surface area (Å²) >= 11 is 12.0. The molecule has 0 bridgehead atoms. The van der Waals surface area contributed by atoms with Gasteiger partial charge in [-0.25, -0.2) is 4.98 Å². The lowest BCUT2D eigenvalue weighted by molar-refractivity contribution is 0.0421. The first-order chi connectivity index (χ1) is 8.70. The van der Waals surface area contributed by atoms with Gasteiger partial charge in [0.05, 0.1) is 22.8 Å². The molecule has 1 fully saturated rings. The van der Waals surface area contributed by atoms with E-state index in [1.54, 1.807) is 12.3 Å². The molecule has 0 amide bonds. The van der Waals surface area contributed by atoms with E-state index in [1.807, 2.05) is 0 Å². The van der Waals surface area contributed by atoms with Crippen molar-refractivity contribution in [3.05, 3.63) is 22.3 Å². The van der Waals surface area contributed by atoms with Gasteiger partial charge in [-0.2, -0.15) is 0 Å². The van der Waals surface area contributed by atoms with E-state index in [4.69, 9.17) is 33.7 Å². The molecule has 0 spiro atoms. The van der Waals surface area contributed by atoms with Gasteiger partial charge in [-0.3, -0.25) is 0 Å². The minimum absolute atomic E-state index is 0.302. The Bertz CT molecular complexity index is 395. The summed E-state index contributed by atoms with van der Waals surface area (Å²) in [7, 11) is 0. The summed E-state index contributed by atoms with van der Waals surface area (Å²) in [5, 5.41) is 1.16. The first-order valence-electron chi connectivity index (χ1n) is 6.08. The van der Waals surface area contributed by atoms with Crippen LogP contribution < -0.4 is 10.6 Å². The Labute approximate surface area is 117 Å². The molecule has 0 aromatic carbocycles. The lowest BCUT2D eigenvalue weighted by atomic mass is 10.1. The molecule has 18 heavy (non-hydrogen) atoms. The van der Waals surface area contributed by atoms with Crippen LogP contribution in [0, 0.1) is 0 Å². The molecule has 1 aromatic heterocycles. The van der Waals surface area contributed by atoms with Crippen LogP contribution in [-0.4, -0.2) is 37.3 Å². The van der Waals surface area contributed by atoms with Gasteiger partial charge in [0.2, 0.25) is 0 Å². The number of halogens is 2. The summed E-state index contributed by atoms with van der Waals surface area (Å²) in [4.78, 5) is 6.46. The van der Waals surface area contributed by atoms with Crippen molar-refractivity contribution in [2.75, 3.05) is 31.1 Å². The van der Waals surface area contributed by atoms with E-state index < -0.39 is 0 Å².